The predicted octanol–water partition coefficient (Wildman–Crippen LogP) is 4.86. The Hall–Kier alpha value is -3.80. The van der Waals surface area contributed by atoms with E-state index in [1.165, 1.54) is 10.8 Å². The van der Waals surface area contributed by atoms with Crippen LogP contribution >= 0.6 is 0 Å². The highest BCUT2D eigenvalue weighted by atomic mass is 16.5. The minimum absolute atomic E-state index is 0.240. The van der Waals surface area contributed by atoms with Gasteiger partial charge in [0.15, 0.2) is 5.82 Å². The fourth-order valence-electron chi connectivity index (χ4n) is 4.52. The molecule has 1 fully saturated rings. The van der Waals surface area contributed by atoms with Gasteiger partial charge < -0.3 is 14.8 Å². The summed E-state index contributed by atoms with van der Waals surface area (Å²) in [6.45, 7) is 3.68. The summed E-state index contributed by atoms with van der Waals surface area (Å²) in [5, 5.41) is 8.12. The van der Waals surface area contributed by atoms with Crippen LogP contribution in [-0.4, -0.2) is 35.9 Å². The molecule has 168 valence electrons. The summed E-state index contributed by atoms with van der Waals surface area (Å²) in [5.74, 6) is 2.07. The SMILES string of the molecule is C=CC(=O)n1nc(NC2CC2)c2c1CC(c1cccc(OC)c1)(c1cccc(OC)c1)C=C2. The zero-order valence-corrected chi connectivity index (χ0v) is 18.9. The van der Waals surface area contributed by atoms with E-state index in [0.29, 0.717) is 12.5 Å². The highest BCUT2D eigenvalue weighted by molar-refractivity contribution is 5.91. The van der Waals surface area contributed by atoms with Gasteiger partial charge in [0, 0.05) is 23.4 Å². The Morgan fingerprint density at radius 1 is 1.12 bits per heavy atom. The van der Waals surface area contributed by atoms with Crippen LogP contribution in [0.5, 0.6) is 11.5 Å². The molecule has 0 spiro atoms. The third-order valence-electron chi connectivity index (χ3n) is 6.47. The van der Waals surface area contributed by atoms with Crippen molar-refractivity contribution in [3.8, 4) is 11.5 Å². The number of nitrogens with one attached hydrogen (secondary N) is 1. The first-order valence-electron chi connectivity index (χ1n) is 11.1. The number of anilines is 1. The normalized spacial score (nSPS) is 16.1. The fraction of sp³-hybridized carbons (Fsp3) is 0.259. The van der Waals surface area contributed by atoms with Crippen molar-refractivity contribution in [2.24, 2.45) is 0 Å². The molecule has 2 aromatic carbocycles. The second kappa shape index (κ2) is 8.28. The maximum absolute atomic E-state index is 12.8. The number of benzene rings is 2. The summed E-state index contributed by atoms with van der Waals surface area (Å²) >= 11 is 0. The van der Waals surface area contributed by atoms with Crippen LogP contribution in [0.25, 0.3) is 6.08 Å². The van der Waals surface area contributed by atoms with Crippen LogP contribution in [-0.2, 0) is 11.8 Å². The van der Waals surface area contributed by atoms with Crippen LogP contribution in [0.4, 0.5) is 5.82 Å². The Morgan fingerprint density at radius 3 is 2.30 bits per heavy atom. The van der Waals surface area contributed by atoms with Crippen molar-refractivity contribution in [1.29, 1.82) is 0 Å². The number of allylic oxidation sites excluding steroid dienone is 2. The average Bonchev–Trinajstić information content (AvgIpc) is 3.63. The zero-order valence-electron chi connectivity index (χ0n) is 18.9. The average molecular weight is 442 g/mol. The second-order valence-corrected chi connectivity index (χ2v) is 8.53. The minimum Gasteiger partial charge on any atom is -0.497 e. The molecule has 33 heavy (non-hydrogen) atoms. The molecular formula is C27H27N3O3. The Balaban J connectivity index is 1.71. The van der Waals surface area contributed by atoms with Gasteiger partial charge in [-0.2, -0.15) is 4.68 Å². The highest BCUT2D eigenvalue weighted by Gasteiger charge is 2.39. The number of nitrogens with zero attached hydrogens (tertiary/aromatic N) is 2. The number of carbonyl (C=O) groups excluding carboxylic acids is 1. The number of fused-ring (bicyclic) bond motifs is 1. The van der Waals surface area contributed by atoms with Crippen molar-refractivity contribution >= 4 is 17.8 Å². The Labute approximate surface area is 193 Å². The largest absolute Gasteiger partial charge is 0.497 e. The van der Waals surface area contributed by atoms with Gasteiger partial charge in [0.1, 0.15) is 11.5 Å². The maximum atomic E-state index is 12.8. The Morgan fingerprint density at radius 2 is 1.76 bits per heavy atom. The van der Waals surface area contributed by atoms with Gasteiger partial charge in [-0.15, -0.1) is 5.10 Å². The summed E-state index contributed by atoms with van der Waals surface area (Å²) < 4.78 is 12.6. The van der Waals surface area contributed by atoms with Crippen molar-refractivity contribution in [2.45, 2.75) is 30.7 Å². The molecule has 2 aliphatic carbocycles. The topological polar surface area (TPSA) is 65.4 Å². The van der Waals surface area contributed by atoms with E-state index in [9.17, 15) is 4.79 Å². The molecule has 0 saturated heterocycles. The van der Waals surface area contributed by atoms with Crippen LogP contribution in [0.3, 0.4) is 0 Å². The van der Waals surface area contributed by atoms with Gasteiger partial charge in [-0.05, 0) is 54.3 Å². The lowest BCUT2D eigenvalue weighted by atomic mass is 9.68. The van der Waals surface area contributed by atoms with E-state index in [2.05, 4.69) is 41.3 Å². The van der Waals surface area contributed by atoms with E-state index in [1.807, 2.05) is 36.4 Å². The van der Waals surface area contributed by atoms with Gasteiger partial charge >= 0.3 is 0 Å². The number of rotatable bonds is 7. The smallest absolute Gasteiger partial charge is 0.270 e. The van der Waals surface area contributed by atoms with Crippen LogP contribution in [0.15, 0.2) is 67.3 Å². The maximum Gasteiger partial charge on any atom is 0.270 e. The van der Waals surface area contributed by atoms with Gasteiger partial charge in [-0.1, -0.05) is 43.0 Å². The van der Waals surface area contributed by atoms with Gasteiger partial charge in [0.05, 0.1) is 19.9 Å². The summed E-state index contributed by atoms with van der Waals surface area (Å²) in [6.07, 6.45) is 8.41. The van der Waals surface area contributed by atoms with E-state index in [0.717, 1.165) is 52.5 Å². The Bertz CT molecular complexity index is 1210. The molecule has 3 aromatic rings. The van der Waals surface area contributed by atoms with Crippen LogP contribution in [0.1, 0.15) is 40.0 Å². The highest BCUT2D eigenvalue weighted by Crippen LogP contribution is 2.45. The van der Waals surface area contributed by atoms with Gasteiger partial charge in [0.2, 0.25) is 0 Å². The predicted molar refractivity (Wildman–Crippen MR) is 129 cm³/mol. The molecular weight excluding hydrogens is 414 g/mol. The third kappa shape index (κ3) is 3.71. The van der Waals surface area contributed by atoms with Crippen LogP contribution < -0.4 is 14.8 Å². The molecule has 1 heterocycles. The van der Waals surface area contributed by atoms with Crippen molar-refractivity contribution in [2.75, 3.05) is 19.5 Å². The Kier molecular flexibility index (Phi) is 5.29. The molecule has 0 bridgehead atoms. The molecule has 1 N–H and O–H groups in total. The van der Waals surface area contributed by atoms with Crippen LogP contribution in [0.2, 0.25) is 0 Å². The molecule has 0 aliphatic heterocycles. The number of methoxy groups -OCH3 is 2. The molecule has 0 amide bonds. The molecule has 0 unspecified atom stereocenters. The lowest BCUT2D eigenvalue weighted by Crippen LogP contribution is -2.32. The van der Waals surface area contributed by atoms with E-state index in [4.69, 9.17) is 9.47 Å². The number of hydrogen-bond donors (Lipinski definition) is 1. The number of carbonyl (C=O) groups is 1. The molecule has 1 aromatic heterocycles. The minimum atomic E-state index is -0.536. The van der Waals surface area contributed by atoms with Gasteiger partial charge in [0.25, 0.3) is 5.91 Å². The number of hydrogen-bond acceptors (Lipinski definition) is 5. The standard InChI is InChI=1S/C27H27N3O3/c1-4-25(31)30-24-17-27(18-7-5-9-21(15-18)32-2,19-8-6-10-22(16-19)33-3)14-13-23(24)26(29-30)28-20-11-12-20/h4-10,13-16,20H,1,11-12,17H2,2-3H3,(H,28,29). The first kappa shape index (κ1) is 21.1. The number of ether oxygens (including phenoxy) is 2. The molecule has 1 saturated carbocycles. The molecule has 0 radical (unpaired) electrons. The summed E-state index contributed by atoms with van der Waals surface area (Å²) in [5.41, 5.74) is 3.40. The van der Waals surface area contributed by atoms with Gasteiger partial charge in [-0.25, -0.2) is 0 Å². The van der Waals surface area contributed by atoms with Crippen molar-refractivity contribution in [3.05, 3.63) is 89.6 Å². The first-order chi connectivity index (χ1) is 16.1. The third-order valence-corrected chi connectivity index (χ3v) is 6.47. The quantitative estimate of drug-likeness (QED) is 0.531. The molecule has 0 atom stereocenters. The van der Waals surface area contributed by atoms with Crippen molar-refractivity contribution in [3.63, 3.8) is 0 Å². The molecule has 5 rings (SSSR count). The number of aromatic nitrogens is 2. The summed E-state index contributed by atoms with van der Waals surface area (Å²) in [4.78, 5) is 12.8. The van der Waals surface area contributed by atoms with Crippen molar-refractivity contribution < 1.29 is 14.3 Å². The summed E-state index contributed by atoms with van der Waals surface area (Å²) in [6, 6.07) is 16.6. The fourth-order valence-corrected chi connectivity index (χ4v) is 4.52. The van der Waals surface area contributed by atoms with E-state index < -0.39 is 5.41 Å². The van der Waals surface area contributed by atoms with E-state index >= 15 is 0 Å². The lowest BCUT2D eigenvalue weighted by Gasteiger charge is -2.35. The van der Waals surface area contributed by atoms with Gasteiger partial charge in [-0.3, -0.25) is 4.79 Å². The van der Waals surface area contributed by atoms with E-state index in [-0.39, 0.29) is 5.91 Å². The lowest BCUT2D eigenvalue weighted by molar-refractivity contribution is 0.0950. The summed E-state index contributed by atoms with van der Waals surface area (Å²) in [7, 11) is 3.33. The molecule has 2 aliphatic rings. The van der Waals surface area contributed by atoms with E-state index in [1.54, 1.807) is 14.2 Å². The molecule has 6 nitrogen and oxygen atoms in total. The van der Waals surface area contributed by atoms with Crippen molar-refractivity contribution in [1.82, 2.24) is 9.78 Å². The zero-order chi connectivity index (χ0) is 23.0. The first-order valence-corrected chi connectivity index (χ1v) is 11.1. The van der Waals surface area contributed by atoms with Crippen LogP contribution in [0, 0.1) is 0 Å². The second-order valence-electron chi connectivity index (χ2n) is 8.53. The molecule has 6 heteroatoms. The monoisotopic (exact) mass is 441 g/mol.